The summed E-state index contributed by atoms with van der Waals surface area (Å²) in [5.41, 5.74) is 5.52. The SMILES string of the molecule is CCc1ccc(NC(=O)c2ccccc2N2C(=O)[C@@H]3Cc4c([nH]c5ccccc45)[C@@H](c4ccc(F)cc4)N3C2=O)cc1. The number of para-hydroxylation sites is 2. The molecule has 4 aromatic carbocycles. The largest absolute Gasteiger partial charge is 0.356 e. The van der Waals surface area contributed by atoms with Crippen molar-refractivity contribution in [2.24, 2.45) is 0 Å². The van der Waals surface area contributed by atoms with Crippen molar-refractivity contribution in [2.45, 2.75) is 31.8 Å². The minimum atomic E-state index is -0.794. The van der Waals surface area contributed by atoms with Gasteiger partial charge in [-0.15, -0.1) is 0 Å². The first-order valence-corrected chi connectivity index (χ1v) is 13.9. The summed E-state index contributed by atoms with van der Waals surface area (Å²) in [4.78, 5) is 48.0. The van der Waals surface area contributed by atoms with Crippen LogP contribution in [0.1, 0.15) is 45.7 Å². The summed E-state index contributed by atoms with van der Waals surface area (Å²) in [5, 5.41) is 3.87. The van der Waals surface area contributed by atoms with E-state index in [2.05, 4.69) is 17.2 Å². The maximum absolute atomic E-state index is 14.2. The highest BCUT2D eigenvalue weighted by Gasteiger charge is 2.53. The number of hydrogen-bond donors (Lipinski definition) is 2. The molecule has 5 aromatic rings. The summed E-state index contributed by atoms with van der Waals surface area (Å²) >= 11 is 0. The number of aromatic nitrogens is 1. The van der Waals surface area contributed by atoms with Gasteiger partial charge in [-0.25, -0.2) is 14.1 Å². The molecule has 1 saturated heterocycles. The van der Waals surface area contributed by atoms with E-state index < -0.39 is 35.7 Å². The number of fused-ring (bicyclic) bond motifs is 4. The van der Waals surface area contributed by atoms with Crippen molar-refractivity contribution in [3.63, 3.8) is 0 Å². The second kappa shape index (κ2) is 9.99. The molecule has 2 atom stereocenters. The van der Waals surface area contributed by atoms with Crippen LogP contribution in [0.25, 0.3) is 10.9 Å². The molecule has 2 N–H and O–H groups in total. The third-order valence-corrected chi connectivity index (χ3v) is 8.24. The van der Waals surface area contributed by atoms with Crippen LogP contribution in [0.2, 0.25) is 0 Å². The summed E-state index contributed by atoms with van der Waals surface area (Å²) in [7, 11) is 0. The maximum Gasteiger partial charge on any atom is 0.332 e. The molecule has 42 heavy (non-hydrogen) atoms. The number of nitrogens with one attached hydrogen (secondary N) is 2. The molecular formula is C34H27FN4O3. The topological polar surface area (TPSA) is 85.5 Å². The van der Waals surface area contributed by atoms with E-state index in [9.17, 15) is 18.8 Å². The smallest absolute Gasteiger partial charge is 0.332 e. The molecule has 0 unspecified atom stereocenters. The first-order valence-electron chi connectivity index (χ1n) is 13.9. The molecule has 7 rings (SSSR count). The average molecular weight is 559 g/mol. The lowest BCUT2D eigenvalue weighted by Gasteiger charge is -2.36. The van der Waals surface area contributed by atoms with E-state index in [0.717, 1.165) is 39.0 Å². The summed E-state index contributed by atoms with van der Waals surface area (Å²) in [6.07, 6.45) is 1.20. The van der Waals surface area contributed by atoms with Gasteiger partial charge in [-0.2, -0.15) is 0 Å². The normalized spacial score (nSPS) is 17.9. The zero-order valence-electron chi connectivity index (χ0n) is 22.8. The van der Waals surface area contributed by atoms with Gasteiger partial charge in [-0.1, -0.05) is 61.5 Å². The standard InChI is InChI=1S/C34H27FN4O3/c1-2-20-11-17-23(18-12-20)36-32(40)25-8-4-6-10-28(25)39-33(41)29-19-26-24-7-3-5-9-27(24)37-30(26)31(38(29)34(39)42)21-13-15-22(35)16-14-21/h3-18,29,31,37H,2,19H2,1H3,(H,36,40)/t29-,31+/m0/s1. The number of aryl methyl sites for hydroxylation is 1. The van der Waals surface area contributed by atoms with E-state index in [0.29, 0.717) is 17.7 Å². The van der Waals surface area contributed by atoms with Crippen LogP contribution in [0, 0.1) is 5.82 Å². The molecule has 1 aromatic heterocycles. The molecule has 2 aliphatic heterocycles. The Balaban J connectivity index is 1.29. The Bertz CT molecular complexity index is 1860. The van der Waals surface area contributed by atoms with Crippen molar-refractivity contribution < 1.29 is 18.8 Å². The molecule has 0 bridgehead atoms. The lowest BCUT2D eigenvalue weighted by molar-refractivity contribution is -0.120. The van der Waals surface area contributed by atoms with E-state index in [1.807, 2.05) is 48.5 Å². The molecule has 0 spiro atoms. The fraction of sp³-hybridized carbons (Fsp3) is 0.147. The number of rotatable bonds is 5. The number of imide groups is 1. The highest BCUT2D eigenvalue weighted by atomic mass is 19.1. The number of urea groups is 1. The molecule has 2 aliphatic rings. The number of H-pyrrole nitrogens is 1. The van der Waals surface area contributed by atoms with Crippen LogP contribution in [-0.4, -0.2) is 33.8 Å². The van der Waals surface area contributed by atoms with Crippen molar-refractivity contribution >= 4 is 40.1 Å². The van der Waals surface area contributed by atoms with Gasteiger partial charge >= 0.3 is 6.03 Å². The Kier molecular flexibility index (Phi) is 6.12. The zero-order chi connectivity index (χ0) is 29.0. The van der Waals surface area contributed by atoms with Gasteiger partial charge in [-0.3, -0.25) is 14.5 Å². The number of benzene rings is 4. The first-order chi connectivity index (χ1) is 20.4. The van der Waals surface area contributed by atoms with Crippen molar-refractivity contribution in [3.8, 4) is 0 Å². The maximum atomic E-state index is 14.2. The number of hydrogen-bond acceptors (Lipinski definition) is 3. The van der Waals surface area contributed by atoms with Crippen molar-refractivity contribution in [1.29, 1.82) is 0 Å². The molecule has 3 heterocycles. The van der Waals surface area contributed by atoms with E-state index in [1.165, 1.54) is 12.1 Å². The monoisotopic (exact) mass is 558 g/mol. The summed E-state index contributed by atoms with van der Waals surface area (Å²) in [5.74, 6) is -1.22. The fourth-order valence-corrected chi connectivity index (χ4v) is 6.17. The Morgan fingerprint density at radius 2 is 1.64 bits per heavy atom. The van der Waals surface area contributed by atoms with Crippen molar-refractivity contribution in [1.82, 2.24) is 9.88 Å². The number of anilines is 2. The van der Waals surface area contributed by atoms with Crippen LogP contribution in [-0.2, 0) is 17.6 Å². The minimum absolute atomic E-state index is 0.209. The van der Waals surface area contributed by atoms with Gasteiger partial charge in [0.25, 0.3) is 11.8 Å². The fourth-order valence-electron chi connectivity index (χ4n) is 6.17. The number of halogens is 1. The van der Waals surface area contributed by atoms with Crippen LogP contribution in [0.5, 0.6) is 0 Å². The molecule has 4 amide bonds. The molecule has 0 aliphatic carbocycles. The highest BCUT2D eigenvalue weighted by Crippen LogP contribution is 2.45. The van der Waals surface area contributed by atoms with Gasteiger partial charge in [0.1, 0.15) is 17.9 Å². The van der Waals surface area contributed by atoms with Gasteiger partial charge in [0.15, 0.2) is 0 Å². The third kappa shape index (κ3) is 4.06. The van der Waals surface area contributed by atoms with E-state index in [-0.39, 0.29) is 11.3 Å². The average Bonchev–Trinajstić information content (AvgIpc) is 3.51. The van der Waals surface area contributed by atoms with Gasteiger partial charge in [0, 0.05) is 28.7 Å². The van der Waals surface area contributed by atoms with Crippen LogP contribution < -0.4 is 10.2 Å². The second-order valence-electron chi connectivity index (χ2n) is 10.6. The van der Waals surface area contributed by atoms with Gasteiger partial charge < -0.3 is 10.3 Å². The molecule has 7 nitrogen and oxygen atoms in total. The Hall–Kier alpha value is -5.24. The lowest BCUT2D eigenvalue weighted by atomic mass is 9.89. The molecule has 0 radical (unpaired) electrons. The van der Waals surface area contributed by atoms with E-state index in [1.54, 1.807) is 41.3 Å². The van der Waals surface area contributed by atoms with Crippen LogP contribution >= 0.6 is 0 Å². The predicted octanol–water partition coefficient (Wildman–Crippen LogP) is 6.60. The second-order valence-corrected chi connectivity index (χ2v) is 10.6. The number of amides is 4. The van der Waals surface area contributed by atoms with Crippen molar-refractivity contribution in [3.05, 3.63) is 131 Å². The predicted molar refractivity (Wildman–Crippen MR) is 159 cm³/mol. The molecule has 0 saturated carbocycles. The minimum Gasteiger partial charge on any atom is -0.356 e. The molecular weight excluding hydrogens is 531 g/mol. The van der Waals surface area contributed by atoms with Crippen LogP contribution in [0.15, 0.2) is 97.1 Å². The van der Waals surface area contributed by atoms with Gasteiger partial charge in [0.05, 0.1) is 11.3 Å². The third-order valence-electron chi connectivity index (χ3n) is 8.24. The molecule has 8 heteroatoms. The molecule has 1 fully saturated rings. The summed E-state index contributed by atoms with van der Waals surface area (Å²) in [6, 6.07) is 26.0. The Morgan fingerprint density at radius 3 is 2.40 bits per heavy atom. The van der Waals surface area contributed by atoms with Crippen LogP contribution in [0.3, 0.4) is 0 Å². The van der Waals surface area contributed by atoms with Crippen molar-refractivity contribution in [2.75, 3.05) is 10.2 Å². The van der Waals surface area contributed by atoms with E-state index >= 15 is 0 Å². The van der Waals surface area contributed by atoms with Gasteiger partial charge in [0.2, 0.25) is 0 Å². The number of aromatic amines is 1. The van der Waals surface area contributed by atoms with Crippen LogP contribution in [0.4, 0.5) is 20.6 Å². The van der Waals surface area contributed by atoms with Gasteiger partial charge in [-0.05, 0) is 65.6 Å². The Labute approximate surface area is 241 Å². The zero-order valence-corrected chi connectivity index (χ0v) is 22.8. The quantitative estimate of drug-likeness (QED) is 0.238. The number of nitrogens with zero attached hydrogens (tertiary/aromatic N) is 2. The summed E-state index contributed by atoms with van der Waals surface area (Å²) < 4.78 is 13.9. The first kappa shape index (κ1) is 25.7. The number of carbonyl (C=O) groups excluding carboxylic acids is 3. The number of carbonyl (C=O) groups is 3. The highest BCUT2D eigenvalue weighted by molar-refractivity contribution is 6.24. The van der Waals surface area contributed by atoms with E-state index in [4.69, 9.17) is 0 Å². The lowest BCUT2D eigenvalue weighted by Crippen LogP contribution is -2.44. The molecule has 208 valence electrons. The Morgan fingerprint density at radius 1 is 0.929 bits per heavy atom. The summed E-state index contributed by atoms with van der Waals surface area (Å²) in [6.45, 7) is 2.06.